The molecule has 0 saturated carbocycles. The molecule has 1 amide bonds. The quantitative estimate of drug-likeness (QED) is 0.638. The van der Waals surface area contributed by atoms with Crippen LogP contribution in [0.3, 0.4) is 0 Å². The number of alkyl carbamates (subject to hydrolysis) is 1. The van der Waals surface area contributed by atoms with Crippen LogP contribution in [0, 0.1) is 0 Å². The second-order valence-electron chi connectivity index (χ2n) is 4.73. The third kappa shape index (κ3) is 13.1. The van der Waals surface area contributed by atoms with Crippen LogP contribution in [0.5, 0.6) is 0 Å². The van der Waals surface area contributed by atoms with Crippen molar-refractivity contribution in [2.75, 3.05) is 32.8 Å². The summed E-state index contributed by atoms with van der Waals surface area (Å²) in [5.74, 6) is 0. The van der Waals surface area contributed by atoms with Crippen LogP contribution in [0.2, 0.25) is 0 Å². The number of nitrogens with one attached hydrogen (secondary N) is 2. The lowest BCUT2D eigenvalue weighted by Crippen LogP contribution is -2.34. The van der Waals surface area contributed by atoms with Crippen molar-refractivity contribution in [3.05, 3.63) is 0 Å². The van der Waals surface area contributed by atoms with Crippen LogP contribution in [0.4, 0.5) is 4.79 Å². The summed E-state index contributed by atoms with van der Waals surface area (Å²) in [7, 11) is 0. The van der Waals surface area contributed by atoms with Crippen molar-refractivity contribution in [3.8, 4) is 0 Å². The summed E-state index contributed by atoms with van der Waals surface area (Å²) >= 11 is 0. The maximum atomic E-state index is 11.3. The van der Waals surface area contributed by atoms with Gasteiger partial charge in [0.2, 0.25) is 0 Å². The van der Waals surface area contributed by atoms with E-state index in [2.05, 4.69) is 10.6 Å². The van der Waals surface area contributed by atoms with Gasteiger partial charge in [-0.2, -0.15) is 0 Å². The molecule has 0 fully saturated rings. The Balaban J connectivity index is 3.25. The van der Waals surface area contributed by atoms with E-state index in [4.69, 9.17) is 9.47 Å². The average Bonchev–Trinajstić information content (AvgIpc) is 2.19. The van der Waals surface area contributed by atoms with Gasteiger partial charge in [-0.05, 0) is 40.7 Å². The molecule has 0 bridgehead atoms. The van der Waals surface area contributed by atoms with Gasteiger partial charge >= 0.3 is 6.09 Å². The first-order valence-electron chi connectivity index (χ1n) is 6.21. The molecule has 0 saturated heterocycles. The van der Waals surface area contributed by atoms with E-state index in [1.807, 2.05) is 27.7 Å². The molecular formula is C12H26N2O3. The minimum atomic E-state index is -0.431. The molecule has 0 aromatic carbocycles. The Bertz CT molecular complexity index is 202. The summed E-state index contributed by atoms with van der Waals surface area (Å²) in [5.41, 5.74) is -0.431. The molecule has 17 heavy (non-hydrogen) atoms. The Morgan fingerprint density at radius 3 is 2.47 bits per heavy atom. The first kappa shape index (κ1) is 16.2. The third-order valence-corrected chi connectivity index (χ3v) is 1.83. The maximum Gasteiger partial charge on any atom is 0.407 e. The van der Waals surface area contributed by atoms with Crippen molar-refractivity contribution in [2.24, 2.45) is 0 Å². The standard InChI is InChI=1S/C12H26N2O3/c1-5-16-10-9-13-7-6-8-14-11(15)17-12(2,3)4/h13H,5-10H2,1-4H3,(H,14,15). The van der Waals surface area contributed by atoms with Crippen molar-refractivity contribution in [1.82, 2.24) is 10.6 Å². The highest BCUT2D eigenvalue weighted by Gasteiger charge is 2.15. The van der Waals surface area contributed by atoms with Gasteiger partial charge < -0.3 is 20.1 Å². The van der Waals surface area contributed by atoms with Crippen molar-refractivity contribution >= 4 is 6.09 Å². The number of hydrogen-bond acceptors (Lipinski definition) is 4. The number of amides is 1. The van der Waals surface area contributed by atoms with Gasteiger partial charge in [0.25, 0.3) is 0 Å². The molecule has 0 aliphatic heterocycles. The molecular weight excluding hydrogens is 220 g/mol. The molecule has 0 aliphatic carbocycles. The van der Waals surface area contributed by atoms with Gasteiger partial charge in [-0.3, -0.25) is 0 Å². The van der Waals surface area contributed by atoms with Crippen LogP contribution >= 0.6 is 0 Å². The second-order valence-corrected chi connectivity index (χ2v) is 4.73. The van der Waals surface area contributed by atoms with Crippen LogP contribution < -0.4 is 10.6 Å². The average molecular weight is 246 g/mol. The highest BCUT2D eigenvalue weighted by atomic mass is 16.6. The van der Waals surface area contributed by atoms with Gasteiger partial charge in [0.1, 0.15) is 5.60 Å². The molecule has 0 heterocycles. The Hall–Kier alpha value is -0.810. The minimum Gasteiger partial charge on any atom is -0.444 e. The molecule has 0 aliphatic rings. The monoisotopic (exact) mass is 246 g/mol. The Labute approximate surface area is 104 Å². The zero-order chi connectivity index (χ0) is 13.1. The Morgan fingerprint density at radius 1 is 1.18 bits per heavy atom. The van der Waals surface area contributed by atoms with E-state index < -0.39 is 5.60 Å². The molecule has 102 valence electrons. The molecule has 5 heteroatoms. The first-order chi connectivity index (χ1) is 7.95. The Kier molecular flexibility index (Phi) is 8.80. The van der Waals surface area contributed by atoms with E-state index in [9.17, 15) is 4.79 Å². The van der Waals surface area contributed by atoms with E-state index in [0.29, 0.717) is 6.54 Å². The molecule has 0 aromatic heterocycles. The fourth-order valence-corrected chi connectivity index (χ4v) is 1.13. The van der Waals surface area contributed by atoms with Gasteiger partial charge in [-0.1, -0.05) is 0 Å². The van der Waals surface area contributed by atoms with Gasteiger partial charge in [-0.25, -0.2) is 4.79 Å². The van der Waals surface area contributed by atoms with E-state index in [1.165, 1.54) is 0 Å². The molecule has 0 aromatic rings. The summed E-state index contributed by atoms with van der Waals surface area (Å²) in [5, 5.41) is 5.93. The Morgan fingerprint density at radius 2 is 1.88 bits per heavy atom. The number of hydrogen-bond donors (Lipinski definition) is 2. The van der Waals surface area contributed by atoms with Gasteiger partial charge in [0, 0.05) is 19.7 Å². The zero-order valence-electron chi connectivity index (χ0n) is 11.5. The van der Waals surface area contributed by atoms with Crippen molar-refractivity contribution < 1.29 is 14.3 Å². The van der Waals surface area contributed by atoms with Crippen LogP contribution in [-0.4, -0.2) is 44.5 Å². The van der Waals surface area contributed by atoms with Crippen molar-refractivity contribution in [1.29, 1.82) is 0 Å². The van der Waals surface area contributed by atoms with E-state index in [-0.39, 0.29) is 6.09 Å². The second kappa shape index (κ2) is 9.24. The van der Waals surface area contributed by atoms with Gasteiger partial charge in [-0.15, -0.1) is 0 Å². The molecule has 2 N–H and O–H groups in total. The normalized spacial score (nSPS) is 11.3. The first-order valence-corrected chi connectivity index (χ1v) is 6.21. The van der Waals surface area contributed by atoms with Gasteiger partial charge in [0.05, 0.1) is 6.61 Å². The number of ether oxygens (including phenoxy) is 2. The molecule has 0 rings (SSSR count). The summed E-state index contributed by atoms with van der Waals surface area (Å²) in [6.45, 7) is 11.3. The van der Waals surface area contributed by atoms with Gasteiger partial charge in [0.15, 0.2) is 0 Å². The smallest absolute Gasteiger partial charge is 0.407 e. The van der Waals surface area contributed by atoms with Crippen molar-refractivity contribution in [2.45, 2.75) is 39.7 Å². The van der Waals surface area contributed by atoms with Crippen LogP contribution in [0.15, 0.2) is 0 Å². The number of rotatable bonds is 8. The molecule has 0 unspecified atom stereocenters. The summed E-state index contributed by atoms with van der Waals surface area (Å²) in [6.07, 6.45) is 0.526. The molecule has 5 nitrogen and oxygen atoms in total. The topological polar surface area (TPSA) is 59.6 Å². The molecule has 0 spiro atoms. The summed E-state index contributed by atoms with van der Waals surface area (Å²) < 4.78 is 10.3. The summed E-state index contributed by atoms with van der Waals surface area (Å²) in [4.78, 5) is 11.3. The van der Waals surface area contributed by atoms with E-state index in [0.717, 1.165) is 32.7 Å². The highest BCUT2D eigenvalue weighted by molar-refractivity contribution is 5.67. The lowest BCUT2D eigenvalue weighted by atomic mass is 10.2. The maximum absolute atomic E-state index is 11.3. The lowest BCUT2D eigenvalue weighted by Gasteiger charge is -2.19. The van der Waals surface area contributed by atoms with Crippen LogP contribution in [-0.2, 0) is 9.47 Å². The number of carbonyl (C=O) groups is 1. The van der Waals surface area contributed by atoms with Crippen LogP contribution in [0.1, 0.15) is 34.1 Å². The molecule has 0 atom stereocenters. The molecule has 0 radical (unpaired) electrons. The zero-order valence-corrected chi connectivity index (χ0v) is 11.5. The number of carbonyl (C=O) groups excluding carboxylic acids is 1. The largest absolute Gasteiger partial charge is 0.444 e. The minimum absolute atomic E-state index is 0.355. The fourth-order valence-electron chi connectivity index (χ4n) is 1.13. The predicted molar refractivity (Wildman–Crippen MR) is 68.2 cm³/mol. The summed E-state index contributed by atoms with van der Waals surface area (Å²) in [6, 6.07) is 0. The van der Waals surface area contributed by atoms with Crippen molar-refractivity contribution in [3.63, 3.8) is 0 Å². The third-order valence-electron chi connectivity index (χ3n) is 1.83. The van der Waals surface area contributed by atoms with Crippen LogP contribution in [0.25, 0.3) is 0 Å². The predicted octanol–water partition coefficient (Wildman–Crippen LogP) is 1.53. The SMILES string of the molecule is CCOCCNCCCNC(=O)OC(C)(C)C. The van der Waals surface area contributed by atoms with E-state index >= 15 is 0 Å². The van der Waals surface area contributed by atoms with E-state index in [1.54, 1.807) is 0 Å². The lowest BCUT2D eigenvalue weighted by molar-refractivity contribution is 0.0527. The fraction of sp³-hybridized carbons (Fsp3) is 0.917. The highest BCUT2D eigenvalue weighted by Crippen LogP contribution is 2.06.